The van der Waals surface area contributed by atoms with Gasteiger partial charge in [-0.05, 0) is 36.4 Å². The maximum absolute atomic E-state index is 6.03. The fourth-order valence-electron chi connectivity index (χ4n) is 3.83. The Labute approximate surface area is 192 Å². The normalized spacial score (nSPS) is 11.3. The van der Waals surface area contributed by atoms with E-state index in [-0.39, 0.29) is 0 Å². The summed E-state index contributed by atoms with van der Waals surface area (Å²) >= 11 is 3.51. The van der Waals surface area contributed by atoms with Crippen molar-refractivity contribution in [1.29, 1.82) is 0 Å². The van der Waals surface area contributed by atoms with Gasteiger partial charge in [-0.25, -0.2) is 15.0 Å². The monoisotopic (exact) mass is 477 g/mol. The van der Waals surface area contributed by atoms with Gasteiger partial charge in [-0.15, -0.1) is 0 Å². The van der Waals surface area contributed by atoms with E-state index in [9.17, 15) is 0 Å². The van der Waals surface area contributed by atoms with Crippen LogP contribution in [0.25, 0.3) is 56.1 Å². The van der Waals surface area contributed by atoms with Crippen LogP contribution in [0.4, 0.5) is 0 Å². The molecule has 0 spiro atoms. The molecular weight excluding hydrogens is 462 g/mol. The van der Waals surface area contributed by atoms with Gasteiger partial charge in [-0.3, -0.25) is 0 Å². The van der Waals surface area contributed by atoms with Crippen molar-refractivity contribution in [2.75, 3.05) is 0 Å². The third-order valence-electron chi connectivity index (χ3n) is 5.39. The molecule has 4 aromatic carbocycles. The molecular formula is C27H16BrN3O. The molecule has 2 heterocycles. The molecule has 0 aliphatic carbocycles. The van der Waals surface area contributed by atoms with Crippen molar-refractivity contribution in [2.45, 2.75) is 0 Å². The van der Waals surface area contributed by atoms with E-state index in [0.29, 0.717) is 17.5 Å². The third-order valence-corrected chi connectivity index (χ3v) is 5.88. The maximum atomic E-state index is 6.03. The number of nitrogens with zero attached hydrogens (tertiary/aromatic N) is 3. The second kappa shape index (κ2) is 7.70. The van der Waals surface area contributed by atoms with E-state index in [1.165, 1.54) is 0 Å². The smallest absolute Gasteiger partial charge is 0.164 e. The number of rotatable bonds is 3. The minimum absolute atomic E-state index is 0.631. The number of hydrogen-bond acceptors (Lipinski definition) is 4. The van der Waals surface area contributed by atoms with Gasteiger partial charge < -0.3 is 4.42 Å². The lowest BCUT2D eigenvalue weighted by Crippen LogP contribution is -2.00. The molecule has 32 heavy (non-hydrogen) atoms. The van der Waals surface area contributed by atoms with Gasteiger partial charge in [0.2, 0.25) is 0 Å². The first-order valence-corrected chi connectivity index (χ1v) is 11.0. The lowest BCUT2D eigenvalue weighted by atomic mass is 10.1. The Hall–Kier alpha value is -3.83. The Morgan fingerprint density at radius 3 is 1.72 bits per heavy atom. The summed E-state index contributed by atoms with van der Waals surface area (Å²) in [4.78, 5) is 14.4. The number of fused-ring (bicyclic) bond motifs is 3. The van der Waals surface area contributed by atoms with Crippen LogP contribution in [0.2, 0.25) is 0 Å². The first-order chi connectivity index (χ1) is 15.7. The number of benzene rings is 4. The molecule has 5 heteroatoms. The second-order valence-electron chi connectivity index (χ2n) is 7.49. The van der Waals surface area contributed by atoms with E-state index in [1.807, 2.05) is 84.9 Å². The third kappa shape index (κ3) is 3.37. The number of hydrogen-bond donors (Lipinski definition) is 0. The molecule has 0 N–H and O–H groups in total. The van der Waals surface area contributed by atoms with E-state index >= 15 is 0 Å². The highest BCUT2D eigenvalue weighted by Gasteiger charge is 2.14. The van der Waals surface area contributed by atoms with Gasteiger partial charge in [0.25, 0.3) is 0 Å². The fourth-order valence-corrected chi connectivity index (χ4v) is 4.17. The van der Waals surface area contributed by atoms with Gasteiger partial charge in [0, 0.05) is 31.9 Å². The van der Waals surface area contributed by atoms with Crippen LogP contribution in [-0.4, -0.2) is 15.0 Å². The highest BCUT2D eigenvalue weighted by Crippen LogP contribution is 2.33. The van der Waals surface area contributed by atoms with E-state index < -0.39 is 0 Å². The van der Waals surface area contributed by atoms with Gasteiger partial charge in [-0.1, -0.05) is 76.6 Å². The van der Waals surface area contributed by atoms with Crippen molar-refractivity contribution >= 4 is 37.9 Å². The quantitative estimate of drug-likeness (QED) is 0.264. The van der Waals surface area contributed by atoms with E-state index in [2.05, 4.69) is 28.1 Å². The van der Waals surface area contributed by atoms with Crippen LogP contribution < -0.4 is 0 Å². The van der Waals surface area contributed by atoms with Gasteiger partial charge in [0.1, 0.15) is 11.2 Å². The minimum Gasteiger partial charge on any atom is -0.456 e. The van der Waals surface area contributed by atoms with E-state index in [1.54, 1.807) is 0 Å². The summed E-state index contributed by atoms with van der Waals surface area (Å²) in [5, 5.41) is 2.10. The largest absolute Gasteiger partial charge is 0.456 e. The molecule has 6 aromatic rings. The van der Waals surface area contributed by atoms with Crippen LogP contribution in [0.1, 0.15) is 0 Å². The van der Waals surface area contributed by atoms with Crippen molar-refractivity contribution in [1.82, 2.24) is 15.0 Å². The Morgan fingerprint density at radius 2 is 1.09 bits per heavy atom. The minimum atomic E-state index is 0.631. The topological polar surface area (TPSA) is 51.8 Å². The summed E-state index contributed by atoms with van der Waals surface area (Å²) in [6.45, 7) is 0. The first-order valence-electron chi connectivity index (χ1n) is 10.2. The van der Waals surface area contributed by atoms with Crippen LogP contribution in [0.5, 0.6) is 0 Å². The maximum Gasteiger partial charge on any atom is 0.164 e. The molecule has 0 bridgehead atoms. The standard InChI is InChI=1S/C27H16BrN3O/c28-20-12-13-21-22-15-19(11-14-23(22)32-24(21)16-20)27-30-25(17-7-3-1-4-8-17)29-26(31-27)18-9-5-2-6-10-18/h1-16H. The lowest BCUT2D eigenvalue weighted by Gasteiger charge is -2.08. The SMILES string of the molecule is Brc1ccc2c(c1)oc1ccc(-c3nc(-c4ccccc4)nc(-c4ccccc4)n3)cc12. The van der Waals surface area contributed by atoms with Gasteiger partial charge >= 0.3 is 0 Å². The molecule has 0 atom stereocenters. The van der Waals surface area contributed by atoms with Gasteiger partial charge in [0.15, 0.2) is 17.5 Å². The van der Waals surface area contributed by atoms with Crippen molar-refractivity contribution in [3.63, 3.8) is 0 Å². The summed E-state index contributed by atoms with van der Waals surface area (Å²) in [5.74, 6) is 1.93. The first kappa shape index (κ1) is 18.9. The Kier molecular flexibility index (Phi) is 4.55. The molecule has 6 rings (SSSR count). The Morgan fingerprint density at radius 1 is 0.500 bits per heavy atom. The Balaban J connectivity index is 1.57. The predicted molar refractivity (Wildman–Crippen MR) is 131 cm³/mol. The summed E-state index contributed by atoms with van der Waals surface area (Å²) in [6.07, 6.45) is 0. The molecule has 0 fully saturated rings. The van der Waals surface area contributed by atoms with Crippen molar-refractivity contribution in [3.8, 4) is 34.2 Å². The number of halogens is 1. The summed E-state index contributed by atoms with van der Waals surface area (Å²) in [5.41, 5.74) is 4.50. The lowest BCUT2D eigenvalue weighted by molar-refractivity contribution is 0.668. The molecule has 152 valence electrons. The van der Waals surface area contributed by atoms with Crippen molar-refractivity contribution in [3.05, 3.63) is 102 Å². The predicted octanol–water partition coefficient (Wildman–Crippen LogP) is 7.53. The van der Waals surface area contributed by atoms with Crippen LogP contribution >= 0.6 is 15.9 Å². The van der Waals surface area contributed by atoms with E-state index in [0.717, 1.165) is 43.1 Å². The average Bonchev–Trinajstić information content (AvgIpc) is 3.21. The highest BCUT2D eigenvalue weighted by molar-refractivity contribution is 9.10. The van der Waals surface area contributed by atoms with Crippen LogP contribution in [0, 0.1) is 0 Å². The zero-order valence-corrected chi connectivity index (χ0v) is 18.5. The molecule has 0 unspecified atom stereocenters. The van der Waals surface area contributed by atoms with Gasteiger partial charge in [0.05, 0.1) is 0 Å². The van der Waals surface area contributed by atoms with Gasteiger partial charge in [-0.2, -0.15) is 0 Å². The van der Waals surface area contributed by atoms with Crippen LogP contribution in [-0.2, 0) is 0 Å². The zero-order chi connectivity index (χ0) is 21.5. The van der Waals surface area contributed by atoms with Crippen molar-refractivity contribution < 1.29 is 4.42 Å². The molecule has 4 nitrogen and oxygen atoms in total. The molecule has 0 saturated carbocycles. The molecule has 2 aromatic heterocycles. The average molecular weight is 478 g/mol. The summed E-state index contributed by atoms with van der Waals surface area (Å²) < 4.78 is 7.01. The summed E-state index contributed by atoms with van der Waals surface area (Å²) in [7, 11) is 0. The molecule has 0 radical (unpaired) electrons. The van der Waals surface area contributed by atoms with E-state index in [4.69, 9.17) is 19.4 Å². The molecule has 0 aliphatic rings. The molecule has 0 saturated heterocycles. The summed E-state index contributed by atoms with van der Waals surface area (Å²) in [6, 6.07) is 32.1. The highest BCUT2D eigenvalue weighted by atomic mass is 79.9. The number of furan rings is 1. The van der Waals surface area contributed by atoms with Crippen molar-refractivity contribution in [2.24, 2.45) is 0 Å². The zero-order valence-electron chi connectivity index (χ0n) is 16.9. The molecule has 0 amide bonds. The second-order valence-corrected chi connectivity index (χ2v) is 8.41. The van der Waals surface area contributed by atoms with Crippen LogP contribution in [0.15, 0.2) is 106 Å². The number of aromatic nitrogens is 3. The van der Waals surface area contributed by atoms with Crippen LogP contribution in [0.3, 0.4) is 0 Å². The fraction of sp³-hybridized carbons (Fsp3) is 0. The molecule has 0 aliphatic heterocycles. The Bertz CT molecular complexity index is 1520.